The van der Waals surface area contributed by atoms with Crippen molar-refractivity contribution in [2.45, 2.75) is 25.2 Å². The third-order valence-corrected chi connectivity index (χ3v) is 5.74. The number of hydrogen-bond donors (Lipinski definition) is 1. The molecule has 136 valence electrons. The molecule has 2 amide bonds. The first kappa shape index (κ1) is 17.0. The lowest BCUT2D eigenvalue weighted by molar-refractivity contribution is 0.196. The molecule has 2 heterocycles. The lowest BCUT2D eigenvalue weighted by Gasteiger charge is -2.38. The van der Waals surface area contributed by atoms with E-state index in [1.54, 1.807) is 12.1 Å². The smallest absolute Gasteiger partial charge is 0.307 e. The van der Waals surface area contributed by atoms with Crippen molar-refractivity contribution in [1.82, 2.24) is 4.90 Å². The van der Waals surface area contributed by atoms with Gasteiger partial charge >= 0.3 is 6.03 Å². The molecular formula is C21H24FN3O. The minimum Gasteiger partial charge on any atom is -0.307 e. The van der Waals surface area contributed by atoms with Crippen LogP contribution in [0.1, 0.15) is 24.0 Å². The number of benzene rings is 2. The van der Waals surface area contributed by atoms with Crippen LogP contribution in [0.2, 0.25) is 0 Å². The van der Waals surface area contributed by atoms with Crippen LogP contribution < -0.4 is 10.2 Å². The highest BCUT2D eigenvalue weighted by Gasteiger charge is 2.46. The molecule has 0 radical (unpaired) electrons. The largest absolute Gasteiger partial charge is 0.326 e. The number of likely N-dealkylation sites (tertiary alicyclic amines) is 1. The van der Waals surface area contributed by atoms with Gasteiger partial charge in [-0.15, -0.1) is 0 Å². The number of rotatable bonds is 1. The molecule has 5 heteroatoms. The maximum atomic E-state index is 13.4. The molecule has 2 aromatic rings. The molecule has 2 aliphatic heterocycles. The van der Waals surface area contributed by atoms with Gasteiger partial charge in [-0.25, -0.2) is 9.18 Å². The van der Waals surface area contributed by atoms with Gasteiger partial charge in [-0.2, -0.15) is 0 Å². The van der Waals surface area contributed by atoms with E-state index in [0.29, 0.717) is 12.2 Å². The minimum absolute atomic E-state index is 0.0210. The van der Waals surface area contributed by atoms with Crippen LogP contribution >= 0.6 is 0 Å². The Labute approximate surface area is 153 Å². The minimum atomic E-state index is -0.355. The predicted octanol–water partition coefficient (Wildman–Crippen LogP) is 4.15. The fourth-order valence-corrected chi connectivity index (χ4v) is 4.20. The zero-order valence-corrected chi connectivity index (χ0v) is 15.3. The molecule has 0 saturated carbocycles. The van der Waals surface area contributed by atoms with Crippen molar-refractivity contribution >= 4 is 17.4 Å². The van der Waals surface area contributed by atoms with Gasteiger partial charge in [-0.1, -0.05) is 23.8 Å². The van der Waals surface area contributed by atoms with E-state index in [-0.39, 0.29) is 17.3 Å². The summed E-state index contributed by atoms with van der Waals surface area (Å²) in [7, 11) is 2.15. The molecule has 1 fully saturated rings. The van der Waals surface area contributed by atoms with Crippen molar-refractivity contribution in [1.29, 1.82) is 0 Å². The monoisotopic (exact) mass is 353 g/mol. The summed E-state index contributed by atoms with van der Waals surface area (Å²) in [6.45, 7) is 4.85. The zero-order chi connectivity index (χ0) is 18.3. The molecule has 1 saturated heterocycles. The highest BCUT2D eigenvalue weighted by molar-refractivity contribution is 6.03. The number of amides is 2. The zero-order valence-electron chi connectivity index (χ0n) is 15.3. The second-order valence-corrected chi connectivity index (χ2v) is 7.63. The lowest BCUT2D eigenvalue weighted by Crippen LogP contribution is -2.45. The van der Waals surface area contributed by atoms with Crippen LogP contribution in [0.3, 0.4) is 0 Å². The molecule has 4 rings (SSSR count). The van der Waals surface area contributed by atoms with Gasteiger partial charge < -0.3 is 10.2 Å². The number of urea groups is 1. The Morgan fingerprint density at radius 3 is 2.65 bits per heavy atom. The van der Waals surface area contributed by atoms with Crippen LogP contribution in [0.4, 0.5) is 20.6 Å². The summed E-state index contributed by atoms with van der Waals surface area (Å²) in [5.41, 5.74) is 3.98. The molecule has 4 nitrogen and oxygen atoms in total. The van der Waals surface area contributed by atoms with Crippen molar-refractivity contribution in [3.05, 3.63) is 59.4 Å². The maximum Gasteiger partial charge on any atom is 0.326 e. The Kier molecular flexibility index (Phi) is 4.19. The van der Waals surface area contributed by atoms with Crippen LogP contribution in [0, 0.1) is 12.7 Å². The number of hydrogen-bond acceptors (Lipinski definition) is 2. The molecule has 0 aromatic heterocycles. The molecule has 0 aliphatic carbocycles. The molecule has 1 N–H and O–H groups in total. The number of anilines is 2. The first-order valence-corrected chi connectivity index (χ1v) is 9.11. The van der Waals surface area contributed by atoms with Gasteiger partial charge in [-0.3, -0.25) is 4.90 Å². The molecule has 1 spiro atoms. The van der Waals surface area contributed by atoms with Gasteiger partial charge in [-0.05, 0) is 69.7 Å². The van der Waals surface area contributed by atoms with Crippen LogP contribution in [0.25, 0.3) is 0 Å². The van der Waals surface area contributed by atoms with E-state index in [9.17, 15) is 9.18 Å². The van der Waals surface area contributed by atoms with Gasteiger partial charge in [0.05, 0.1) is 0 Å². The number of nitrogens with one attached hydrogen (secondary N) is 1. The third-order valence-electron chi connectivity index (χ3n) is 5.74. The van der Waals surface area contributed by atoms with Gasteiger partial charge in [0.2, 0.25) is 0 Å². The Morgan fingerprint density at radius 2 is 1.92 bits per heavy atom. The summed E-state index contributed by atoms with van der Waals surface area (Å²) in [5, 5.41) is 2.85. The number of piperidine rings is 1. The molecule has 0 atom stereocenters. The SMILES string of the molecule is Cc1ccc2c(c1)C1(CCN(C)CC1)CN2C(=O)Nc1cccc(F)c1. The van der Waals surface area contributed by atoms with Crippen molar-refractivity contribution < 1.29 is 9.18 Å². The van der Waals surface area contributed by atoms with Crippen LogP contribution in [-0.4, -0.2) is 37.6 Å². The number of carbonyl (C=O) groups is 1. The molecule has 2 aromatic carbocycles. The Balaban J connectivity index is 1.65. The topological polar surface area (TPSA) is 35.6 Å². The molecule has 0 unspecified atom stereocenters. The fourth-order valence-electron chi connectivity index (χ4n) is 4.20. The van der Waals surface area contributed by atoms with Crippen molar-refractivity contribution in [3.63, 3.8) is 0 Å². The van der Waals surface area contributed by atoms with Crippen LogP contribution in [0.15, 0.2) is 42.5 Å². The second-order valence-electron chi connectivity index (χ2n) is 7.63. The average Bonchev–Trinajstić information content (AvgIpc) is 2.92. The van der Waals surface area contributed by atoms with Crippen LogP contribution in [0.5, 0.6) is 0 Å². The summed E-state index contributed by atoms with van der Waals surface area (Å²) in [6.07, 6.45) is 2.09. The van der Waals surface area contributed by atoms with Gasteiger partial charge in [0.25, 0.3) is 0 Å². The number of halogens is 1. The first-order chi connectivity index (χ1) is 12.5. The Hall–Kier alpha value is -2.40. The fraction of sp³-hybridized carbons (Fsp3) is 0.381. The van der Waals surface area contributed by atoms with Gasteiger partial charge in [0, 0.05) is 23.3 Å². The number of carbonyl (C=O) groups excluding carboxylic acids is 1. The molecular weight excluding hydrogens is 329 g/mol. The number of fused-ring (bicyclic) bond motifs is 2. The highest BCUT2D eigenvalue weighted by atomic mass is 19.1. The molecule has 2 aliphatic rings. The quantitative estimate of drug-likeness (QED) is 0.836. The summed E-state index contributed by atoms with van der Waals surface area (Å²) < 4.78 is 13.4. The predicted molar refractivity (Wildman–Crippen MR) is 102 cm³/mol. The number of nitrogens with zero attached hydrogens (tertiary/aromatic N) is 2. The maximum absolute atomic E-state index is 13.4. The number of aryl methyl sites for hydroxylation is 1. The highest BCUT2D eigenvalue weighted by Crippen LogP contribution is 2.47. The van der Waals surface area contributed by atoms with Gasteiger partial charge in [0.1, 0.15) is 5.82 Å². The van der Waals surface area contributed by atoms with Crippen LogP contribution in [-0.2, 0) is 5.41 Å². The van der Waals surface area contributed by atoms with E-state index in [1.165, 1.54) is 23.3 Å². The summed E-state index contributed by atoms with van der Waals surface area (Å²) in [6, 6.07) is 12.2. The summed E-state index contributed by atoms with van der Waals surface area (Å²) >= 11 is 0. The standard InChI is InChI=1S/C21H24FN3O/c1-15-6-7-19-18(12-15)21(8-10-24(2)11-9-21)14-25(19)20(26)23-17-5-3-4-16(22)13-17/h3-7,12-13H,8-11,14H2,1-2H3,(H,23,26). The normalized spacial score (nSPS) is 18.8. The van der Waals surface area contributed by atoms with E-state index < -0.39 is 0 Å². The summed E-state index contributed by atoms with van der Waals surface area (Å²) in [4.78, 5) is 17.1. The third kappa shape index (κ3) is 2.97. The lowest BCUT2D eigenvalue weighted by atomic mass is 9.74. The van der Waals surface area contributed by atoms with E-state index in [0.717, 1.165) is 31.6 Å². The van der Waals surface area contributed by atoms with E-state index in [2.05, 4.69) is 36.3 Å². The van der Waals surface area contributed by atoms with E-state index in [1.807, 2.05) is 11.0 Å². The molecule has 26 heavy (non-hydrogen) atoms. The second kappa shape index (κ2) is 6.40. The Bertz CT molecular complexity index is 843. The molecule has 0 bridgehead atoms. The van der Waals surface area contributed by atoms with E-state index in [4.69, 9.17) is 0 Å². The first-order valence-electron chi connectivity index (χ1n) is 9.11. The van der Waals surface area contributed by atoms with Crippen molar-refractivity contribution in [2.75, 3.05) is 36.9 Å². The van der Waals surface area contributed by atoms with Crippen molar-refractivity contribution in [2.24, 2.45) is 0 Å². The Morgan fingerprint density at radius 1 is 1.15 bits per heavy atom. The van der Waals surface area contributed by atoms with Crippen molar-refractivity contribution in [3.8, 4) is 0 Å². The van der Waals surface area contributed by atoms with E-state index >= 15 is 0 Å². The average molecular weight is 353 g/mol. The summed E-state index contributed by atoms with van der Waals surface area (Å²) in [5.74, 6) is -0.355. The van der Waals surface area contributed by atoms with Gasteiger partial charge in [0.15, 0.2) is 0 Å².